The molecule has 11 heteroatoms. The minimum absolute atomic E-state index is 0.00770. The number of rotatable bonds is 11. The van der Waals surface area contributed by atoms with Gasteiger partial charge in [-0.25, -0.2) is 9.69 Å². The fourth-order valence-electron chi connectivity index (χ4n) is 4.14. The molecule has 0 unspecified atom stereocenters. The van der Waals surface area contributed by atoms with Crippen molar-refractivity contribution in [3.05, 3.63) is 99.7 Å². The lowest BCUT2D eigenvalue weighted by Gasteiger charge is -2.16. The molecule has 4 rings (SSSR count). The van der Waals surface area contributed by atoms with Crippen molar-refractivity contribution in [2.45, 2.75) is 13.0 Å². The quantitative estimate of drug-likeness (QED) is 0.164. The minimum atomic E-state index is -0.713. The number of para-hydroxylation sites is 2. The maximum absolute atomic E-state index is 13.1. The van der Waals surface area contributed by atoms with Gasteiger partial charge < -0.3 is 24.8 Å². The Kier molecular flexibility index (Phi) is 9.54. The number of hydrogen-bond acceptors (Lipinski definition) is 6. The van der Waals surface area contributed by atoms with E-state index in [1.165, 1.54) is 20.3 Å². The van der Waals surface area contributed by atoms with Gasteiger partial charge in [-0.15, -0.1) is 6.58 Å². The molecule has 1 fully saturated rings. The van der Waals surface area contributed by atoms with Crippen LogP contribution in [0.25, 0.3) is 6.08 Å². The molecule has 0 saturated carbocycles. The smallest absolute Gasteiger partial charge is 0.329 e. The molecular formula is C30H27Cl2N3O6. The topological polar surface area (TPSA) is 106 Å². The van der Waals surface area contributed by atoms with E-state index in [-0.39, 0.29) is 12.3 Å². The second-order valence-corrected chi connectivity index (χ2v) is 9.70. The zero-order valence-electron chi connectivity index (χ0n) is 22.3. The van der Waals surface area contributed by atoms with E-state index in [2.05, 4.69) is 17.2 Å². The first-order chi connectivity index (χ1) is 19.7. The number of imide groups is 1. The maximum Gasteiger partial charge on any atom is 0.329 e. The van der Waals surface area contributed by atoms with Crippen LogP contribution in [0, 0.1) is 0 Å². The molecule has 212 valence electrons. The van der Waals surface area contributed by atoms with Gasteiger partial charge in [0.25, 0.3) is 5.91 Å². The summed E-state index contributed by atoms with van der Waals surface area (Å²) in [7, 11) is 2.97. The van der Waals surface area contributed by atoms with Gasteiger partial charge in [0, 0.05) is 21.2 Å². The number of halogens is 2. The molecule has 3 aromatic carbocycles. The van der Waals surface area contributed by atoms with Gasteiger partial charge in [0.2, 0.25) is 5.91 Å². The molecular weight excluding hydrogens is 569 g/mol. The lowest BCUT2D eigenvalue weighted by atomic mass is 10.0. The molecule has 2 N–H and O–H groups in total. The largest absolute Gasteiger partial charge is 0.495 e. The van der Waals surface area contributed by atoms with Crippen LogP contribution in [0.4, 0.5) is 10.5 Å². The molecule has 0 radical (unpaired) electrons. The number of allylic oxidation sites excluding steroid dienone is 1. The van der Waals surface area contributed by atoms with Crippen molar-refractivity contribution >= 4 is 52.8 Å². The summed E-state index contributed by atoms with van der Waals surface area (Å²) in [5.74, 6) is 0.137. The molecule has 3 aromatic rings. The number of nitrogens with one attached hydrogen (secondary N) is 2. The summed E-state index contributed by atoms with van der Waals surface area (Å²) in [4.78, 5) is 39.1. The van der Waals surface area contributed by atoms with Crippen LogP contribution in [0.2, 0.25) is 10.0 Å². The first-order valence-electron chi connectivity index (χ1n) is 12.4. The highest BCUT2D eigenvalue weighted by atomic mass is 35.5. The third-order valence-corrected chi connectivity index (χ3v) is 6.67. The molecule has 1 saturated heterocycles. The van der Waals surface area contributed by atoms with Gasteiger partial charge in [0.1, 0.15) is 24.6 Å². The molecule has 0 aromatic heterocycles. The zero-order valence-corrected chi connectivity index (χ0v) is 23.8. The lowest BCUT2D eigenvalue weighted by Crippen LogP contribution is -2.38. The van der Waals surface area contributed by atoms with Crippen molar-refractivity contribution < 1.29 is 28.6 Å². The van der Waals surface area contributed by atoms with E-state index in [4.69, 9.17) is 37.4 Å². The van der Waals surface area contributed by atoms with Crippen LogP contribution in [0.15, 0.2) is 72.9 Å². The summed E-state index contributed by atoms with van der Waals surface area (Å²) < 4.78 is 16.9. The fourth-order valence-corrected chi connectivity index (χ4v) is 4.60. The van der Waals surface area contributed by atoms with Crippen molar-refractivity contribution in [2.24, 2.45) is 0 Å². The van der Waals surface area contributed by atoms with E-state index >= 15 is 0 Å². The van der Waals surface area contributed by atoms with Gasteiger partial charge in [-0.3, -0.25) is 9.59 Å². The number of carbonyl (C=O) groups is 3. The second-order valence-electron chi connectivity index (χ2n) is 8.86. The van der Waals surface area contributed by atoms with Crippen LogP contribution in [-0.4, -0.2) is 43.5 Å². The molecule has 1 aliphatic rings. The Labute approximate surface area is 247 Å². The Morgan fingerprint density at radius 3 is 2.49 bits per heavy atom. The van der Waals surface area contributed by atoms with E-state index in [0.717, 1.165) is 16.0 Å². The standard InChI is InChI=1S/C30H27Cl2N3O6/c1-4-7-19-12-18(14-26(40-3)28(19)41-17-20-10-11-21(31)15-22(20)32)13-24-29(37)35(30(38)34-24)16-27(36)33-23-8-5-6-9-25(23)39-2/h4-6,8-15H,1,7,16-17H2,2-3H3,(H,33,36)(H,34,38)/b24-13+. The van der Waals surface area contributed by atoms with Gasteiger partial charge >= 0.3 is 6.03 Å². The number of benzene rings is 3. The number of methoxy groups -OCH3 is 2. The number of ether oxygens (including phenoxy) is 3. The second kappa shape index (κ2) is 13.3. The van der Waals surface area contributed by atoms with Crippen LogP contribution < -0.4 is 24.8 Å². The summed E-state index contributed by atoms with van der Waals surface area (Å²) in [6, 6.07) is 14.7. The summed E-state index contributed by atoms with van der Waals surface area (Å²) in [5.41, 5.74) is 2.47. The Bertz CT molecular complexity index is 1540. The Hall–Kier alpha value is -4.47. The predicted octanol–water partition coefficient (Wildman–Crippen LogP) is 5.85. The zero-order chi connectivity index (χ0) is 29.5. The molecule has 0 bridgehead atoms. The number of carbonyl (C=O) groups excluding carboxylic acids is 3. The number of anilines is 1. The molecule has 41 heavy (non-hydrogen) atoms. The number of urea groups is 1. The Morgan fingerprint density at radius 2 is 1.78 bits per heavy atom. The van der Waals surface area contributed by atoms with E-state index in [9.17, 15) is 14.4 Å². The molecule has 9 nitrogen and oxygen atoms in total. The summed E-state index contributed by atoms with van der Waals surface area (Å²) >= 11 is 12.3. The monoisotopic (exact) mass is 595 g/mol. The van der Waals surface area contributed by atoms with Crippen molar-refractivity contribution in [3.63, 3.8) is 0 Å². The van der Waals surface area contributed by atoms with Crippen LogP contribution in [-0.2, 0) is 22.6 Å². The number of nitrogens with zero attached hydrogens (tertiary/aromatic N) is 1. The van der Waals surface area contributed by atoms with Crippen LogP contribution in [0.3, 0.4) is 0 Å². The molecule has 0 aliphatic carbocycles. The molecule has 1 heterocycles. The highest BCUT2D eigenvalue weighted by molar-refractivity contribution is 6.35. The fraction of sp³-hybridized carbons (Fsp3) is 0.167. The van der Waals surface area contributed by atoms with E-state index in [1.807, 2.05) is 0 Å². The van der Waals surface area contributed by atoms with E-state index in [1.54, 1.807) is 60.7 Å². The summed E-state index contributed by atoms with van der Waals surface area (Å²) in [6.45, 7) is 3.50. The molecule has 1 aliphatic heterocycles. The van der Waals surface area contributed by atoms with Crippen molar-refractivity contribution in [1.82, 2.24) is 10.2 Å². The highest BCUT2D eigenvalue weighted by Gasteiger charge is 2.35. The average Bonchev–Trinajstić information content (AvgIpc) is 3.20. The predicted molar refractivity (Wildman–Crippen MR) is 158 cm³/mol. The van der Waals surface area contributed by atoms with Gasteiger partial charge in [-0.05, 0) is 54.5 Å². The number of hydrogen-bond donors (Lipinski definition) is 2. The van der Waals surface area contributed by atoms with Crippen molar-refractivity contribution in [1.29, 1.82) is 0 Å². The lowest BCUT2D eigenvalue weighted by molar-refractivity contribution is -0.127. The van der Waals surface area contributed by atoms with Crippen LogP contribution in [0.5, 0.6) is 17.2 Å². The highest BCUT2D eigenvalue weighted by Crippen LogP contribution is 2.36. The van der Waals surface area contributed by atoms with Gasteiger partial charge in [-0.2, -0.15) is 0 Å². The SMILES string of the molecule is C=CCc1cc(/C=C2/NC(=O)N(CC(=O)Nc3ccccc3OC)C2=O)cc(OC)c1OCc1ccc(Cl)cc1Cl. The Balaban J connectivity index is 1.53. The van der Waals surface area contributed by atoms with Gasteiger partial charge in [0.05, 0.1) is 19.9 Å². The van der Waals surface area contributed by atoms with Gasteiger partial charge in [-0.1, -0.05) is 47.5 Å². The van der Waals surface area contributed by atoms with Crippen LogP contribution in [0.1, 0.15) is 16.7 Å². The number of amides is 4. The third kappa shape index (κ3) is 7.00. The van der Waals surface area contributed by atoms with Crippen molar-refractivity contribution in [3.8, 4) is 17.2 Å². The van der Waals surface area contributed by atoms with Crippen molar-refractivity contribution in [2.75, 3.05) is 26.1 Å². The summed E-state index contributed by atoms with van der Waals surface area (Å²) in [5, 5.41) is 6.18. The minimum Gasteiger partial charge on any atom is -0.495 e. The molecule has 4 amide bonds. The van der Waals surface area contributed by atoms with E-state index < -0.39 is 24.4 Å². The molecule has 0 spiro atoms. The molecule has 0 atom stereocenters. The summed E-state index contributed by atoms with van der Waals surface area (Å²) in [6.07, 6.45) is 3.65. The van der Waals surface area contributed by atoms with E-state index in [0.29, 0.717) is 45.0 Å². The Morgan fingerprint density at radius 1 is 1.02 bits per heavy atom. The van der Waals surface area contributed by atoms with Gasteiger partial charge in [0.15, 0.2) is 11.5 Å². The van der Waals surface area contributed by atoms with Crippen LogP contribution >= 0.6 is 23.2 Å². The first-order valence-corrected chi connectivity index (χ1v) is 13.2. The third-order valence-electron chi connectivity index (χ3n) is 6.08. The first kappa shape index (κ1) is 29.5. The normalized spacial score (nSPS) is 13.7. The maximum atomic E-state index is 13.1. The average molecular weight is 596 g/mol.